The Bertz CT molecular complexity index is 866. The van der Waals surface area contributed by atoms with E-state index in [0.29, 0.717) is 12.0 Å². The van der Waals surface area contributed by atoms with Gasteiger partial charge in [0.1, 0.15) is 18.2 Å². The lowest BCUT2D eigenvalue weighted by Gasteiger charge is -2.44. The molecule has 0 saturated carbocycles. The van der Waals surface area contributed by atoms with Crippen LogP contribution in [0.15, 0.2) is 54.6 Å². The van der Waals surface area contributed by atoms with Crippen molar-refractivity contribution in [2.75, 3.05) is 0 Å². The van der Waals surface area contributed by atoms with Gasteiger partial charge in [-0.15, -0.1) is 0 Å². The molecule has 140 valence electrons. The molecule has 1 saturated heterocycles. The summed E-state index contributed by atoms with van der Waals surface area (Å²) in [7, 11) is 0. The third-order valence-electron chi connectivity index (χ3n) is 5.33. The highest BCUT2D eigenvalue weighted by Gasteiger charge is 2.38. The van der Waals surface area contributed by atoms with Crippen LogP contribution in [0.4, 0.5) is 13.6 Å². The molecule has 3 nitrogen and oxygen atoms in total. The van der Waals surface area contributed by atoms with E-state index in [4.69, 9.17) is 4.74 Å². The van der Waals surface area contributed by atoms with E-state index in [1.54, 1.807) is 4.90 Å². The van der Waals surface area contributed by atoms with E-state index in [1.807, 2.05) is 36.4 Å². The molecule has 0 N–H and O–H groups in total. The number of piperidine rings is 1. The molecular weight excluding hydrogens is 348 g/mol. The highest BCUT2D eigenvalue weighted by atomic mass is 19.1. The molecule has 0 aliphatic carbocycles. The van der Waals surface area contributed by atoms with Crippen LogP contribution in [0.1, 0.15) is 36.8 Å². The number of amides is 1. The number of nitrogens with zero attached hydrogens (tertiary/aromatic N) is 1. The van der Waals surface area contributed by atoms with Gasteiger partial charge in [-0.2, -0.15) is 0 Å². The number of ether oxygens (including phenoxy) is 1. The van der Waals surface area contributed by atoms with Gasteiger partial charge in [0, 0.05) is 11.6 Å². The third-order valence-corrected chi connectivity index (χ3v) is 5.33. The lowest BCUT2D eigenvalue weighted by Crippen LogP contribution is -2.51. The Morgan fingerprint density at radius 2 is 1.93 bits per heavy atom. The van der Waals surface area contributed by atoms with E-state index < -0.39 is 11.6 Å². The van der Waals surface area contributed by atoms with Crippen molar-refractivity contribution in [2.45, 2.75) is 44.4 Å². The Kier molecular flexibility index (Phi) is 4.92. The Morgan fingerprint density at radius 1 is 1.11 bits per heavy atom. The zero-order valence-electron chi connectivity index (χ0n) is 14.9. The van der Waals surface area contributed by atoms with Crippen molar-refractivity contribution in [1.29, 1.82) is 0 Å². The Labute approximate surface area is 157 Å². The van der Waals surface area contributed by atoms with Gasteiger partial charge in [-0.3, -0.25) is 4.90 Å². The van der Waals surface area contributed by atoms with Crippen molar-refractivity contribution < 1.29 is 18.3 Å². The summed E-state index contributed by atoms with van der Waals surface area (Å²) in [4.78, 5) is 14.5. The molecule has 2 aromatic rings. The zero-order chi connectivity index (χ0) is 18.8. The summed E-state index contributed by atoms with van der Waals surface area (Å²) in [6.07, 6.45) is 4.72. The zero-order valence-corrected chi connectivity index (χ0v) is 14.9. The molecule has 27 heavy (non-hydrogen) atoms. The van der Waals surface area contributed by atoms with Gasteiger partial charge in [-0.1, -0.05) is 36.4 Å². The molecule has 0 spiro atoms. The van der Waals surface area contributed by atoms with Crippen LogP contribution in [0.5, 0.6) is 0 Å². The quantitative estimate of drug-likeness (QED) is 0.734. The molecule has 0 aromatic heterocycles. The summed E-state index contributed by atoms with van der Waals surface area (Å²) < 4.78 is 33.3. The largest absolute Gasteiger partial charge is 0.445 e. The fourth-order valence-corrected chi connectivity index (χ4v) is 4.05. The monoisotopic (exact) mass is 369 g/mol. The summed E-state index contributed by atoms with van der Waals surface area (Å²) in [6, 6.07) is 12.9. The second kappa shape index (κ2) is 7.51. The summed E-state index contributed by atoms with van der Waals surface area (Å²) in [5.41, 5.74) is 2.00. The molecule has 1 amide bonds. The number of fused-ring (bicyclic) bond motifs is 2. The number of hydrogen-bond acceptors (Lipinski definition) is 2. The molecule has 2 unspecified atom stereocenters. The number of carbonyl (C=O) groups excluding carboxylic acids is 1. The molecule has 0 radical (unpaired) electrons. The molecule has 1 fully saturated rings. The maximum absolute atomic E-state index is 14.2. The van der Waals surface area contributed by atoms with E-state index in [0.717, 1.165) is 42.5 Å². The second-order valence-corrected chi connectivity index (χ2v) is 7.12. The van der Waals surface area contributed by atoms with Crippen LogP contribution >= 0.6 is 0 Å². The van der Waals surface area contributed by atoms with Gasteiger partial charge in [0.05, 0.1) is 6.04 Å². The van der Waals surface area contributed by atoms with Crippen LogP contribution in [0, 0.1) is 11.6 Å². The second-order valence-electron chi connectivity index (χ2n) is 7.12. The first kappa shape index (κ1) is 17.7. The van der Waals surface area contributed by atoms with Gasteiger partial charge >= 0.3 is 6.09 Å². The van der Waals surface area contributed by atoms with Crippen molar-refractivity contribution in [3.05, 3.63) is 77.4 Å². The van der Waals surface area contributed by atoms with Crippen molar-refractivity contribution in [3.63, 3.8) is 0 Å². The molecule has 2 heterocycles. The van der Waals surface area contributed by atoms with E-state index in [2.05, 4.69) is 0 Å². The SMILES string of the molecule is O=C(OCc1ccccc1)N1C2C=C(c3cc(F)ccc3F)CC1CCC2. The van der Waals surface area contributed by atoms with Crippen molar-refractivity contribution >= 4 is 11.7 Å². The molecule has 2 bridgehead atoms. The minimum absolute atomic E-state index is 0.0466. The Balaban J connectivity index is 1.53. The smallest absolute Gasteiger partial charge is 0.410 e. The van der Waals surface area contributed by atoms with Gasteiger partial charge in [-0.25, -0.2) is 13.6 Å². The van der Waals surface area contributed by atoms with Crippen LogP contribution in [0.3, 0.4) is 0 Å². The van der Waals surface area contributed by atoms with E-state index >= 15 is 0 Å². The van der Waals surface area contributed by atoms with Gasteiger partial charge in [-0.05, 0) is 55.0 Å². The van der Waals surface area contributed by atoms with E-state index in [1.165, 1.54) is 6.07 Å². The van der Waals surface area contributed by atoms with Crippen molar-refractivity contribution in [1.82, 2.24) is 4.90 Å². The lowest BCUT2D eigenvalue weighted by molar-refractivity contribution is 0.0510. The van der Waals surface area contributed by atoms with Crippen molar-refractivity contribution in [2.24, 2.45) is 0 Å². The highest BCUT2D eigenvalue weighted by molar-refractivity contribution is 5.74. The van der Waals surface area contributed by atoms with Crippen LogP contribution in [0.2, 0.25) is 0 Å². The first-order chi connectivity index (χ1) is 13.1. The number of halogens is 2. The number of carbonyl (C=O) groups is 1. The average molecular weight is 369 g/mol. The van der Waals surface area contributed by atoms with E-state index in [-0.39, 0.29) is 24.8 Å². The van der Waals surface area contributed by atoms with Crippen LogP contribution < -0.4 is 0 Å². The molecule has 5 heteroatoms. The topological polar surface area (TPSA) is 29.5 Å². The standard InChI is InChI=1S/C22H21F2NO2/c23-17-9-10-21(24)20(13-17)16-11-18-7-4-8-19(12-16)25(18)22(26)27-14-15-5-2-1-3-6-15/h1-3,5-6,9-11,13,18-19H,4,7-8,12,14H2. The normalized spacial score (nSPS) is 21.6. The van der Waals surface area contributed by atoms with Gasteiger partial charge in [0.15, 0.2) is 0 Å². The molecular formula is C22H21F2NO2. The predicted molar refractivity (Wildman–Crippen MR) is 98.8 cm³/mol. The highest BCUT2D eigenvalue weighted by Crippen LogP contribution is 2.38. The van der Waals surface area contributed by atoms with Crippen LogP contribution in [0.25, 0.3) is 5.57 Å². The third kappa shape index (κ3) is 3.72. The summed E-state index contributed by atoms with van der Waals surface area (Å²) >= 11 is 0. The van der Waals surface area contributed by atoms with Gasteiger partial charge < -0.3 is 4.74 Å². The molecule has 2 aromatic carbocycles. The minimum atomic E-state index is -0.456. The molecule has 2 aliphatic rings. The predicted octanol–water partition coefficient (Wildman–Crippen LogP) is 5.31. The first-order valence-corrected chi connectivity index (χ1v) is 9.27. The summed E-state index contributed by atoms with van der Waals surface area (Å²) in [5, 5.41) is 0. The maximum Gasteiger partial charge on any atom is 0.410 e. The van der Waals surface area contributed by atoms with Gasteiger partial charge in [0.2, 0.25) is 0 Å². The average Bonchev–Trinajstić information content (AvgIpc) is 2.68. The van der Waals surface area contributed by atoms with Crippen molar-refractivity contribution in [3.8, 4) is 0 Å². The van der Waals surface area contributed by atoms with E-state index in [9.17, 15) is 13.6 Å². The minimum Gasteiger partial charge on any atom is -0.445 e. The number of rotatable bonds is 3. The maximum atomic E-state index is 14.2. The summed E-state index contributed by atoms with van der Waals surface area (Å²) in [6.45, 7) is 0.227. The number of hydrogen-bond donors (Lipinski definition) is 0. The number of benzene rings is 2. The fraction of sp³-hybridized carbons (Fsp3) is 0.318. The van der Waals surface area contributed by atoms with Crippen LogP contribution in [-0.4, -0.2) is 23.1 Å². The lowest BCUT2D eigenvalue weighted by atomic mass is 9.83. The molecule has 2 atom stereocenters. The Morgan fingerprint density at radius 3 is 2.70 bits per heavy atom. The first-order valence-electron chi connectivity index (χ1n) is 9.27. The van der Waals surface area contributed by atoms with Gasteiger partial charge in [0.25, 0.3) is 0 Å². The fourth-order valence-electron chi connectivity index (χ4n) is 4.05. The Hall–Kier alpha value is -2.69. The molecule has 2 aliphatic heterocycles. The van der Waals surface area contributed by atoms with Crippen LogP contribution in [-0.2, 0) is 11.3 Å². The molecule has 4 rings (SSSR count). The summed E-state index contributed by atoms with van der Waals surface area (Å²) in [5.74, 6) is -0.886.